The minimum atomic E-state index is -0.780. The van der Waals surface area contributed by atoms with E-state index in [1.165, 1.54) is 20.3 Å². The van der Waals surface area contributed by atoms with Crippen LogP contribution in [0.4, 0.5) is 0 Å². The largest absolute Gasteiger partial charge is 0.507 e. The van der Waals surface area contributed by atoms with Crippen molar-refractivity contribution in [1.29, 1.82) is 0 Å². The van der Waals surface area contributed by atoms with Gasteiger partial charge in [0.2, 0.25) is 0 Å². The number of methoxy groups -OCH3 is 2. The van der Waals surface area contributed by atoms with Crippen LogP contribution < -0.4 is 14.2 Å². The standard InChI is InChI=1S/C27H29Cl2NO6/c1-4-13-36-17-11-9-15(10-12-17)22-20(24(32)27(33)30(22)16-7-5-6-8-16)23(31)18-14-19(28)26(35-3)21(29)25(18)34-2/h9-12,14,16,22,31H,4-8,13H2,1-3H3/b23-20+. The highest BCUT2D eigenvalue weighted by molar-refractivity contribution is 6.47. The van der Waals surface area contributed by atoms with E-state index in [2.05, 4.69) is 0 Å². The molecule has 1 heterocycles. The van der Waals surface area contributed by atoms with E-state index in [9.17, 15) is 14.7 Å². The molecular formula is C27H29Cl2NO6. The Morgan fingerprint density at radius 2 is 1.69 bits per heavy atom. The Kier molecular flexibility index (Phi) is 8.00. The highest BCUT2D eigenvalue weighted by atomic mass is 35.5. The fraction of sp³-hybridized carbons (Fsp3) is 0.407. The number of carbonyl (C=O) groups excluding carboxylic acids is 2. The molecule has 1 aliphatic carbocycles. The van der Waals surface area contributed by atoms with E-state index >= 15 is 0 Å². The first-order chi connectivity index (χ1) is 17.3. The van der Waals surface area contributed by atoms with Crippen molar-refractivity contribution >= 4 is 40.7 Å². The number of Topliss-reactive ketones (excluding diaryl/α,β-unsaturated/α-hetero) is 1. The molecule has 1 saturated heterocycles. The van der Waals surface area contributed by atoms with Crippen LogP contribution in [0, 0.1) is 0 Å². The number of halogens is 2. The Labute approximate surface area is 220 Å². The topological polar surface area (TPSA) is 85.3 Å². The van der Waals surface area contributed by atoms with Crippen LogP contribution in [0.15, 0.2) is 35.9 Å². The van der Waals surface area contributed by atoms with Gasteiger partial charge in [-0.1, -0.05) is 55.1 Å². The number of ketones is 1. The fourth-order valence-electron chi connectivity index (χ4n) is 4.99. The number of nitrogens with zero attached hydrogens (tertiary/aromatic N) is 1. The minimum absolute atomic E-state index is 0.0373. The van der Waals surface area contributed by atoms with Crippen molar-refractivity contribution in [2.45, 2.75) is 51.1 Å². The molecule has 1 N–H and O–H groups in total. The Bertz CT molecular complexity index is 1190. The first-order valence-electron chi connectivity index (χ1n) is 12.0. The zero-order valence-corrected chi connectivity index (χ0v) is 22.0. The molecule has 0 spiro atoms. The number of likely N-dealkylation sites (tertiary alicyclic amines) is 1. The van der Waals surface area contributed by atoms with Crippen LogP contribution >= 0.6 is 23.2 Å². The van der Waals surface area contributed by atoms with E-state index in [-0.39, 0.29) is 38.7 Å². The van der Waals surface area contributed by atoms with Crippen LogP contribution in [0.25, 0.3) is 5.76 Å². The molecule has 1 unspecified atom stereocenters. The number of carbonyl (C=O) groups is 2. The van der Waals surface area contributed by atoms with Crippen molar-refractivity contribution in [3.05, 3.63) is 57.1 Å². The van der Waals surface area contributed by atoms with Gasteiger partial charge in [0.15, 0.2) is 11.5 Å². The van der Waals surface area contributed by atoms with Gasteiger partial charge < -0.3 is 24.2 Å². The zero-order chi connectivity index (χ0) is 26.0. The predicted octanol–water partition coefficient (Wildman–Crippen LogP) is 6.16. The van der Waals surface area contributed by atoms with Crippen LogP contribution in [0.5, 0.6) is 17.2 Å². The molecule has 0 radical (unpaired) electrons. The molecule has 9 heteroatoms. The van der Waals surface area contributed by atoms with E-state index in [1.54, 1.807) is 4.90 Å². The molecule has 192 valence electrons. The lowest BCUT2D eigenvalue weighted by Crippen LogP contribution is -2.37. The van der Waals surface area contributed by atoms with E-state index in [0.717, 1.165) is 32.1 Å². The SMILES string of the molecule is CCCOc1ccc(C2/C(=C(\O)c3cc(Cl)c(OC)c(Cl)c3OC)C(=O)C(=O)N2C2CCCC2)cc1. The third-order valence-corrected chi connectivity index (χ3v) is 7.29. The molecule has 1 aliphatic heterocycles. The summed E-state index contributed by atoms with van der Waals surface area (Å²) in [6, 6.07) is 7.80. The number of aliphatic hydroxyl groups excluding tert-OH is 1. The van der Waals surface area contributed by atoms with E-state index < -0.39 is 23.5 Å². The Morgan fingerprint density at radius 3 is 2.28 bits per heavy atom. The zero-order valence-electron chi connectivity index (χ0n) is 20.5. The van der Waals surface area contributed by atoms with E-state index in [0.29, 0.717) is 17.9 Å². The van der Waals surface area contributed by atoms with Gasteiger partial charge in [-0.3, -0.25) is 9.59 Å². The van der Waals surface area contributed by atoms with E-state index in [4.69, 9.17) is 37.4 Å². The van der Waals surface area contributed by atoms with Crippen LogP contribution in [0.3, 0.4) is 0 Å². The summed E-state index contributed by atoms with van der Waals surface area (Å²) in [5.41, 5.74) is 0.756. The third-order valence-electron chi connectivity index (χ3n) is 6.66. The van der Waals surface area contributed by atoms with Gasteiger partial charge in [0.05, 0.1) is 43.0 Å². The predicted molar refractivity (Wildman–Crippen MR) is 138 cm³/mol. The molecule has 1 atom stereocenters. The smallest absolute Gasteiger partial charge is 0.295 e. The number of hydrogen-bond donors (Lipinski definition) is 1. The molecule has 36 heavy (non-hydrogen) atoms. The average Bonchev–Trinajstić information content (AvgIpc) is 3.49. The van der Waals surface area contributed by atoms with Gasteiger partial charge in [0, 0.05) is 6.04 Å². The maximum atomic E-state index is 13.4. The molecule has 2 aromatic rings. The maximum absolute atomic E-state index is 13.4. The van der Waals surface area contributed by atoms with Gasteiger partial charge >= 0.3 is 0 Å². The normalized spacial score (nSPS) is 19.7. The van der Waals surface area contributed by atoms with Crippen molar-refractivity contribution in [2.75, 3.05) is 20.8 Å². The van der Waals surface area contributed by atoms with Crippen molar-refractivity contribution in [1.82, 2.24) is 4.90 Å². The van der Waals surface area contributed by atoms with Crippen LogP contribution in [-0.2, 0) is 9.59 Å². The van der Waals surface area contributed by atoms with Crippen LogP contribution in [-0.4, -0.2) is 48.6 Å². The number of aliphatic hydroxyl groups is 1. The lowest BCUT2D eigenvalue weighted by Gasteiger charge is -2.31. The highest BCUT2D eigenvalue weighted by Gasteiger charge is 2.49. The molecule has 0 bridgehead atoms. The summed E-state index contributed by atoms with van der Waals surface area (Å²) in [6.45, 7) is 2.61. The number of rotatable bonds is 8. The van der Waals surface area contributed by atoms with Gasteiger partial charge in [-0.2, -0.15) is 0 Å². The summed E-state index contributed by atoms with van der Waals surface area (Å²) in [5, 5.41) is 11.7. The summed E-state index contributed by atoms with van der Waals surface area (Å²) in [5.74, 6) is -0.852. The van der Waals surface area contributed by atoms with Crippen molar-refractivity contribution in [2.24, 2.45) is 0 Å². The molecule has 0 aromatic heterocycles. The Balaban J connectivity index is 1.90. The number of hydrogen-bond acceptors (Lipinski definition) is 6. The first kappa shape index (κ1) is 26.2. The maximum Gasteiger partial charge on any atom is 0.295 e. The number of amides is 1. The number of benzene rings is 2. The molecule has 2 aliphatic rings. The van der Waals surface area contributed by atoms with Gasteiger partial charge in [-0.15, -0.1) is 0 Å². The highest BCUT2D eigenvalue weighted by Crippen LogP contribution is 2.48. The van der Waals surface area contributed by atoms with Gasteiger partial charge in [0.25, 0.3) is 11.7 Å². The molecule has 2 fully saturated rings. The summed E-state index contributed by atoms with van der Waals surface area (Å²) >= 11 is 12.8. The first-order valence-corrected chi connectivity index (χ1v) is 12.7. The summed E-state index contributed by atoms with van der Waals surface area (Å²) in [6.07, 6.45) is 4.41. The molecule has 1 saturated carbocycles. The van der Waals surface area contributed by atoms with Gasteiger partial charge in [-0.05, 0) is 43.0 Å². The summed E-state index contributed by atoms with van der Waals surface area (Å²) in [7, 11) is 2.79. The fourth-order valence-corrected chi connectivity index (χ4v) is 5.68. The lowest BCUT2D eigenvalue weighted by molar-refractivity contribution is -0.141. The van der Waals surface area contributed by atoms with Crippen molar-refractivity contribution in [3.63, 3.8) is 0 Å². The third kappa shape index (κ3) is 4.62. The average molecular weight is 534 g/mol. The molecule has 2 aromatic carbocycles. The molecule has 1 amide bonds. The van der Waals surface area contributed by atoms with Crippen LogP contribution in [0.2, 0.25) is 10.0 Å². The van der Waals surface area contributed by atoms with Crippen LogP contribution in [0.1, 0.15) is 56.2 Å². The van der Waals surface area contributed by atoms with Gasteiger partial charge in [0.1, 0.15) is 16.5 Å². The van der Waals surface area contributed by atoms with Crippen molar-refractivity contribution in [3.8, 4) is 17.2 Å². The van der Waals surface area contributed by atoms with Crippen molar-refractivity contribution < 1.29 is 28.9 Å². The summed E-state index contributed by atoms with van der Waals surface area (Å²) < 4.78 is 16.4. The summed E-state index contributed by atoms with van der Waals surface area (Å²) in [4.78, 5) is 28.3. The monoisotopic (exact) mass is 533 g/mol. The lowest BCUT2D eigenvalue weighted by atomic mass is 9.94. The second-order valence-electron chi connectivity index (χ2n) is 8.85. The Hall–Kier alpha value is -2.90. The second kappa shape index (κ2) is 11.0. The van der Waals surface area contributed by atoms with E-state index in [1.807, 2.05) is 31.2 Å². The molecule has 7 nitrogen and oxygen atoms in total. The second-order valence-corrected chi connectivity index (χ2v) is 9.63. The van der Waals surface area contributed by atoms with Gasteiger partial charge in [-0.25, -0.2) is 0 Å². The quantitative estimate of drug-likeness (QED) is 0.248. The Morgan fingerprint density at radius 1 is 1.06 bits per heavy atom. The number of ether oxygens (including phenoxy) is 3. The molecule has 4 rings (SSSR count). The minimum Gasteiger partial charge on any atom is -0.507 e. The molecular weight excluding hydrogens is 505 g/mol.